The number of hydrogen-bond donors (Lipinski definition) is 3. The summed E-state index contributed by atoms with van der Waals surface area (Å²) >= 11 is 0. The van der Waals surface area contributed by atoms with Gasteiger partial charge in [0, 0.05) is 31.1 Å². The fraction of sp³-hybridized carbons (Fsp3) is 0.267. The summed E-state index contributed by atoms with van der Waals surface area (Å²) in [6.45, 7) is 3.44. The fourth-order valence-electron chi connectivity index (χ4n) is 1.96. The van der Waals surface area contributed by atoms with Crippen molar-refractivity contribution in [2.45, 2.75) is 20.3 Å². The number of anilines is 1. The monoisotopic (exact) mass is 287 g/mol. The molecule has 0 aliphatic rings. The summed E-state index contributed by atoms with van der Waals surface area (Å²) in [6.07, 6.45) is 0.196. The molecule has 110 valence electrons. The van der Waals surface area contributed by atoms with Crippen LogP contribution in [0.3, 0.4) is 0 Å². The summed E-state index contributed by atoms with van der Waals surface area (Å²) in [5.41, 5.74) is 1.78. The number of fused-ring (bicyclic) bond motifs is 1. The van der Waals surface area contributed by atoms with Crippen LogP contribution in [0.15, 0.2) is 29.1 Å². The third kappa shape index (κ3) is 3.92. The Hall–Kier alpha value is -2.63. The molecule has 1 aromatic heterocycles. The van der Waals surface area contributed by atoms with Gasteiger partial charge >= 0.3 is 0 Å². The van der Waals surface area contributed by atoms with Crippen molar-refractivity contribution >= 4 is 28.4 Å². The van der Waals surface area contributed by atoms with E-state index in [2.05, 4.69) is 15.6 Å². The van der Waals surface area contributed by atoms with E-state index in [1.807, 2.05) is 6.07 Å². The third-order valence-electron chi connectivity index (χ3n) is 3.04. The van der Waals surface area contributed by atoms with Gasteiger partial charge in [0.25, 0.3) is 5.56 Å². The molecule has 6 nitrogen and oxygen atoms in total. The zero-order valence-corrected chi connectivity index (χ0v) is 11.9. The molecule has 6 heteroatoms. The Kier molecular flexibility index (Phi) is 4.37. The van der Waals surface area contributed by atoms with Gasteiger partial charge in [0.2, 0.25) is 11.8 Å². The summed E-state index contributed by atoms with van der Waals surface area (Å²) in [5.74, 6) is -0.362. The molecule has 0 aliphatic heterocycles. The lowest BCUT2D eigenvalue weighted by Gasteiger charge is -2.07. The topological polar surface area (TPSA) is 91.1 Å². The molecule has 3 N–H and O–H groups in total. The fourth-order valence-corrected chi connectivity index (χ4v) is 1.96. The van der Waals surface area contributed by atoms with Crippen LogP contribution < -0.4 is 16.2 Å². The smallest absolute Gasteiger partial charge is 0.251 e. The van der Waals surface area contributed by atoms with E-state index in [1.54, 1.807) is 25.1 Å². The maximum absolute atomic E-state index is 11.7. The molecule has 0 saturated heterocycles. The number of nitrogens with one attached hydrogen (secondary N) is 3. The van der Waals surface area contributed by atoms with Crippen LogP contribution in [-0.4, -0.2) is 23.3 Å². The van der Waals surface area contributed by atoms with E-state index < -0.39 is 0 Å². The standard InChI is InChI=1S/C15H17N3O3/c1-9-7-11-3-4-12(8-13(11)18-15(9)21)17-14(20)5-6-16-10(2)19/h3-4,7-8H,5-6H2,1-2H3,(H,16,19)(H,17,20)(H,18,21). The summed E-state index contributed by atoms with van der Waals surface area (Å²) in [7, 11) is 0. The van der Waals surface area contributed by atoms with Crippen molar-refractivity contribution < 1.29 is 9.59 Å². The maximum Gasteiger partial charge on any atom is 0.251 e. The van der Waals surface area contributed by atoms with E-state index in [0.717, 1.165) is 5.39 Å². The van der Waals surface area contributed by atoms with E-state index in [9.17, 15) is 14.4 Å². The molecule has 21 heavy (non-hydrogen) atoms. The van der Waals surface area contributed by atoms with Crippen molar-refractivity contribution in [3.8, 4) is 0 Å². The van der Waals surface area contributed by atoms with E-state index in [1.165, 1.54) is 6.92 Å². The quantitative estimate of drug-likeness (QED) is 0.791. The lowest BCUT2D eigenvalue weighted by molar-refractivity contribution is -0.119. The Morgan fingerprint density at radius 1 is 1.24 bits per heavy atom. The van der Waals surface area contributed by atoms with Crippen LogP contribution in [0.4, 0.5) is 5.69 Å². The third-order valence-corrected chi connectivity index (χ3v) is 3.04. The SMILES string of the molecule is CC(=O)NCCC(=O)Nc1ccc2cc(C)c(=O)[nH]c2c1. The molecular formula is C15H17N3O3. The van der Waals surface area contributed by atoms with Crippen LogP contribution in [0.2, 0.25) is 0 Å². The van der Waals surface area contributed by atoms with Crippen LogP contribution in [0.5, 0.6) is 0 Å². The number of hydrogen-bond acceptors (Lipinski definition) is 3. The van der Waals surface area contributed by atoms with Crippen molar-refractivity contribution in [2.24, 2.45) is 0 Å². The summed E-state index contributed by atoms with van der Waals surface area (Å²) in [5, 5.41) is 6.19. The molecule has 0 radical (unpaired) electrons. The molecule has 0 spiro atoms. The van der Waals surface area contributed by atoms with E-state index in [4.69, 9.17) is 0 Å². The summed E-state index contributed by atoms with van der Waals surface area (Å²) in [6, 6.07) is 7.13. The Balaban J connectivity index is 2.09. The van der Waals surface area contributed by atoms with E-state index >= 15 is 0 Å². The Labute approximate surface area is 121 Å². The van der Waals surface area contributed by atoms with Gasteiger partial charge in [0.15, 0.2) is 0 Å². The van der Waals surface area contributed by atoms with Crippen LogP contribution in [0, 0.1) is 6.92 Å². The Bertz CT molecular complexity index is 749. The first-order chi connectivity index (χ1) is 9.95. The first kappa shape index (κ1) is 14.8. The Morgan fingerprint density at radius 3 is 2.71 bits per heavy atom. The maximum atomic E-state index is 11.7. The minimum atomic E-state index is -0.197. The van der Waals surface area contributed by atoms with Crippen molar-refractivity contribution in [2.75, 3.05) is 11.9 Å². The average molecular weight is 287 g/mol. The number of benzene rings is 1. The number of pyridine rings is 1. The minimum Gasteiger partial charge on any atom is -0.356 e. The van der Waals surface area contributed by atoms with Gasteiger partial charge in [0.05, 0.1) is 5.52 Å². The van der Waals surface area contributed by atoms with Gasteiger partial charge < -0.3 is 15.6 Å². The number of rotatable bonds is 4. The number of carbonyl (C=O) groups excluding carboxylic acids is 2. The predicted octanol–water partition coefficient (Wildman–Crippen LogP) is 1.30. The minimum absolute atomic E-state index is 0.142. The predicted molar refractivity (Wildman–Crippen MR) is 81.2 cm³/mol. The van der Waals surface area contributed by atoms with Crippen molar-refractivity contribution in [3.63, 3.8) is 0 Å². The Morgan fingerprint density at radius 2 is 2.00 bits per heavy atom. The highest BCUT2D eigenvalue weighted by Crippen LogP contribution is 2.17. The van der Waals surface area contributed by atoms with Crippen LogP contribution in [0.25, 0.3) is 10.9 Å². The lowest BCUT2D eigenvalue weighted by atomic mass is 10.1. The summed E-state index contributed by atoms with van der Waals surface area (Å²) < 4.78 is 0. The van der Waals surface area contributed by atoms with E-state index in [0.29, 0.717) is 23.3 Å². The molecule has 0 aliphatic carbocycles. The second kappa shape index (κ2) is 6.21. The van der Waals surface area contributed by atoms with Crippen LogP contribution in [-0.2, 0) is 9.59 Å². The zero-order chi connectivity index (χ0) is 15.4. The number of aromatic amines is 1. The molecule has 2 aromatic rings. The average Bonchev–Trinajstić information content (AvgIpc) is 2.40. The second-order valence-electron chi connectivity index (χ2n) is 4.86. The first-order valence-corrected chi connectivity index (χ1v) is 6.63. The normalized spacial score (nSPS) is 10.4. The number of aromatic nitrogens is 1. The molecule has 0 saturated carbocycles. The first-order valence-electron chi connectivity index (χ1n) is 6.63. The highest BCUT2D eigenvalue weighted by molar-refractivity contribution is 5.93. The van der Waals surface area contributed by atoms with Crippen molar-refractivity contribution in [1.82, 2.24) is 10.3 Å². The van der Waals surface area contributed by atoms with Gasteiger partial charge in [0.1, 0.15) is 0 Å². The molecule has 1 aromatic carbocycles. The molecule has 2 amide bonds. The van der Waals surface area contributed by atoms with Gasteiger partial charge in [-0.15, -0.1) is 0 Å². The van der Waals surface area contributed by atoms with Gasteiger partial charge in [-0.25, -0.2) is 0 Å². The molecule has 2 rings (SSSR count). The highest BCUT2D eigenvalue weighted by Gasteiger charge is 2.05. The molecule has 0 bridgehead atoms. The van der Waals surface area contributed by atoms with Gasteiger partial charge in [-0.05, 0) is 30.5 Å². The number of carbonyl (C=O) groups is 2. The van der Waals surface area contributed by atoms with Crippen molar-refractivity contribution in [1.29, 1.82) is 0 Å². The molecular weight excluding hydrogens is 270 g/mol. The number of amides is 2. The highest BCUT2D eigenvalue weighted by atomic mass is 16.2. The van der Waals surface area contributed by atoms with Crippen LogP contribution >= 0.6 is 0 Å². The largest absolute Gasteiger partial charge is 0.356 e. The molecule has 1 heterocycles. The summed E-state index contributed by atoms with van der Waals surface area (Å²) in [4.78, 5) is 36.8. The number of aryl methyl sites for hydroxylation is 1. The van der Waals surface area contributed by atoms with Gasteiger partial charge in [-0.3, -0.25) is 14.4 Å². The molecule has 0 atom stereocenters. The molecule has 0 fully saturated rings. The van der Waals surface area contributed by atoms with Gasteiger partial charge in [-0.2, -0.15) is 0 Å². The van der Waals surface area contributed by atoms with Crippen molar-refractivity contribution in [3.05, 3.63) is 40.2 Å². The van der Waals surface area contributed by atoms with Crippen LogP contribution in [0.1, 0.15) is 18.9 Å². The lowest BCUT2D eigenvalue weighted by Crippen LogP contribution is -2.25. The number of H-pyrrole nitrogens is 1. The zero-order valence-electron chi connectivity index (χ0n) is 11.9. The van der Waals surface area contributed by atoms with Gasteiger partial charge in [-0.1, -0.05) is 6.07 Å². The second-order valence-corrected chi connectivity index (χ2v) is 4.86. The van der Waals surface area contributed by atoms with E-state index in [-0.39, 0.29) is 23.8 Å². The molecule has 0 unspecified atom stereocenters.